The first-order valence-electron chi connectivity index (χ1n) is 8.64. The van der Waals surface area contributed by atoms with Crippen molar-refractivity contribution in [3.63, 3.8) is 0 Å². The Morgan fingerprint density at radius 2 is 1.79 bits per heavy atom. The van der Waals surface area contributed by atoms with Gasteiger partial charge in [-0.3, -0.25) is 0 Å². The SMILES string of the molecule is CCCc1ccc2c(c1)c1ncnc(-c3ccccc3)c1n2CC. The van der Waals surface area contributed by atoms with Crippen LogP contribution in [0.5, 0.6) is 0 Å². The Bertz CT molecular complexity index is 1000. The summed E-state index contributed by atoms with van der Waals surface area (Å²) in [6.07, 6.45) is 3.95. The van der Waals surface area contributed by atoms with Gasteiger partial charge in [-0.1, -0.05) is 49.7 Å². The number of aryl methyl sites for hydroxylation is 2. The number of hydrogen-bond acceptors (Lipinski definition) is 2. The van der Waals surface area contributed by atoms with Crippen molar-refractivity contribution in [1.82, 2.24) is 14.5 Å². The molecule has 0 aliphatic carbocycles. The molecule has 0 atom stereocenters. The molecule has 24 heavy (non-hydrogen) atoms. The zero-order valence-corrected chi connectivity index (χ0v) is 14.2. The highest BCUT2D eigenvalue weighted by molar-refractivity contribution is 6.09. The first-order chi connectivity index (χ1) is 11.8. The van der Waals surface area contributed by atoms with Crippen molar-refractivity contribution in [3.8, 4) is 11.3 Å². The van der Waals surface area contributed by atoms with Crippen LogP contribution in [0.15, 0.2) is 54.9 Å². The minimum Gasteiger partial charge on any atom is -0.338 e. The van der Waals surface area contributed by atoms with Gasteiger partial charge in [-0.2, -0.15) is 0 Å². The molecule has 3 heteroatoms. The molecule has 2 aromatic heterocycles. The Labute approximate surface area is 142 Å². The van der Waals surface area contributed by atoms with E-state index in [4.69, 9.17) is 0 Å². The molecule has 0 saturated heterocycles. The molecule has 120 valence electrons. The molecule has 0 saturated carbocycles. The Morgan fingerprint density at radius 1 is 0.958 bits per heavy atom. The Kier molecular flexibility index (Phi) is 3.77. The standard InChI is InChI=1S/C21H21N3/c1-3-8-15-11-12-18-17(13-15)20-21(24(18)4-2)19(22-14-23-20)16-9-6-5-7-10-16/h5-7,9-14H,3-4,8H2,1-2H3. The van der Waals surface area contributed by atoms with Crippen LogP contribution in [0.1, 0.15) is 25.8 Å². The van der Waals surface area contributed by atoms with Crippen molar-refractivity contribution in [1.29, 1.82) is 0 Å². The van der Waals surface area contributed by atoms with Crippen LogP contribution < -0.4 is 0 Å². The van der Waals surface area contributed by atoms with Crippen molar-refractivity contribution in [3.05, 3.63) is 60.4 Å². The fraction of sp³-hybridized carbons (Fsp3) is 0.238. The molecule has 2 aromatic carbocycles. The highest BCUT2D eigenvalue weighted by atomic mass is 15.0. The maximum atomic E-state index is 4.63. The normalized spacial score (nSPS) is 11.4. The van der Waals surface area contributed by atoms with Crippen molar-refractivity contribution in [2.45, 2.75) is 33.2 Å². The van der Waals surface area contributed by atoms with E-state index in [1.54, 1.807) is 6.33 Å². The molecule has 3 nitrogen and oxygen atoms in total. The molecular formula is C21H21N3. The van der Waals surface area contributed by atoms with Crippen LogP contribution in [0.3, 0.4) is 0 Å². The van der Waals surface area contributed by atoms with Gasteiger partial charge >= 0.3 is 0 Å². The topological polar surface area (TPSA) is 30.7 Å². The number of hydrogen-bond donors (Lipinski definition) is 0. The molecule has 0 unspecified atom stereocenters. The number of rotatable bonds is 4. The minimum absolute atomic E-state index is 0.903. The summed E-state index contributed by atoms with van der Waals surface area (Å²) >= 11 is 0. The third kappa shape index (κ3) is 2.28. The molecule has 0 radical (unpaired) electrons. The van der Waals surface area contributed by atoms with Crippen molar-refractivity contribution >= 4 is 21.9 Å². The number of aromatic nitrogens is 3. The quantitative estimate of drug-likeness (QED) is 0.516. The average Bonchev–Trinajstić information content (AvgIpc) is 2.96. The second kappa shape index (κ2) is 6.08. The maximum absolute atomic E-state index is 4.63. The number of benzene rings is 2. The van der Waals surface area contributed by atoms with Gasteiger partial charge < -0.3 is 4.57 Å². The summed E-state index contributed by atoms with van der Waals surface area (Å²) in [7, 11) is 0. The Morgan fingerprint density at radius 3 is 2.54 bits per heavy atom. The monoisotopic (exact) mass is 315 g/mol. The molecule has 0 bridgehead atoms. The van der Waals surface area contributed by atoms with E-state index in [0.29, 0.717) is 0 Å². The van der Waals surface area contributed by atoms with Gasteiger partial charge in [0.05, 0.1) is 16.7 Å². The summed E-state index contributed by atoms with van der Waals surface area (Å²) in [5, 5.41) is 1.23. The number of nitrogens with zero attached hydrogens (tertiary/aromatic N) is 3. The van der Waals surface area contributed by atoms with E-state index < -0.39 is 0 Å². The van der Waals surface area contributed by atoms with E-state index in [1.165, 1.54) is 16.5 Å². The first-order valence-corrected chi connectivity index (χ1v) is 8.64. The molecule has 0 aliphatic heterocycles. The van der Waals surface area contributed by atoms with Gasteiger partial charge in [0, 0.05) is 17.5 Å². The van der Waals surface area contributed by atoms with E-state index in [1.807, 2.05) is 6.07 Å². The van der Waals surface area contributed by atoms with Crippen LogP contribution in [-0.4, -0.2) is 14.5 Å². The molecule has 0 fully saturated rings. The van der Waals surface area contributed by atoms with Crippen LogP contribution in [-0.2, 0) is 13.0 Å². The predicted molar refractivity (Wildman–Crippen MR) is 100 cm³/mol. The molecular weight excluding hydrogens is 294 g/mol. The molecule has 0 aliphatic rings. The molecule has 4 rings (SSSR count). The smallest absolute Gasteiger partial charge is 0.116 e. The van der Waals surface area contributed by atoms with E-state index in [0.717, 1.165) is 41.7 Å². The van der Waals surface area contributed by atoms with Gasteiger partial charge in [0.25, 0.3) is 0 Å². The molecule has 0 N–H and O–H groups in total. The molecule has 0 amide bonds. The zero-order valence-electron chi connectivity index (χ0n) is 14.2. The van der Waals surface area contributed by atoms with Crippen LogP contribution in [0.4, 0.5) is 0 Å². The van der Waals surface area contributed by atoms with Crippen molar-refractivity contribution < 1.29 is 0 Å². The third-order valence-electron chi connectivity index (χ3n) is 4.60. The fourth-order valence-corrected chi connectivity index (χ4v) is 3.54. The molecule has 4 aromatic rings. The fourth-order valence-electron chi connectivity index (χ4n) is 3.54. The van der Waals surface area contributed by atoms with Gasteiger partial charge in [0.2, 0.25) is 0 Å². The van der Waals surface area contributed by atoms with Gasteiger partial charge in [0.15, 0.2) is 0 Å². The van der Waals surface area contributed by atoms with Gasteiger partial charge in [0.1, 0.15) is 11.8 Å². The highest BCUT2D eigenvalue weighted by Crippen LogP contribution is 2.33. The summed E-state index contributed by atoms with van der Waals surface area (Å²) in [5.41, 5.74) is 6.95. The van der Waals surface area contributed by atoms with E-state index in [-0.39, 0.29) is 0 Å². The van der Waals surface area contributed by atoms with Gasteiger partial charge in [-0.25, -0.2) is 9.97 Å². The molecule has 2 heterocycles. The van der Waals surface area contributed by atoms with Crippen LogP contribution in [0.2, 0.25) is 0 Å². The lowest BCUT2D eigenvalue weighted by atomic mass is 10.1. The van der Waals surface area contributed by atoms with Crippen molar-refractivity contribution in [2.24, 2.45) is 0 Å². The highest BCUT2D eigenvalue weighted by Gasteiger charge is 2.16. The average molecular weight is 315 g/mol. The van der Waals surface area contributed by atoms with E-state index in [2.05, 4.69) is 70.8 Å². The second-order valence-corrected chi connectivity index (χ2v) is 6.13. The predicted octanol–water partition coefficient (Wildman–Crippen LogP) is 5.22. The van der Waals surface area contributed by atoms with Crippen LogP contribution >= 0.6 is 0 Å². The van der Waals surface area contributed by atoms with E-state index in [9.17, 15) is 0 Å². The lowest BCUT2D eigenvalue weighted by Gasteiger charge is -2.07. The summed E-state index contributed by atoms with van der Waals surface area (Å²) in [4.78, 5) is 9.24. The maximum Gasteiger partial charge on any atom is 0.116 e. The summed E-state index contributed by atoms with van der Waals surface area (Å²) in [5.74, 6) is 0. The summed E-state index contributed by atoms with van der Waals surface area (Å²) in [6, 6.07) is 17.2. The third-order valence-corrected chi connectivity index (χ3v) is 4.60. The summed E-state index contributed by atoms with van der Waals surface area (Å²) < 4.78 is 2.34. The van der Waals surface area contributed by atoms with Crippen molar-refractivity contribution in [2.75, 3.05) is 0 Å². The van der Waals surface area contributed by atoms with Gasteiger partial charge in [-0.05, 0) is 31.0 Å². The van der Waals surface area contributed by atoms with Crippen LogP contribution in [0, 0.1) is 0 Å². The second-order valence-electron chi connectivity index (χ2n) is 6.13. The lowest BCUT2D eigenvalue weighted by Crippen LogP contribution is -1.97. The van der Waals surface area contributed by atoms with E-state index >= 15 is 0 Å². The number of fused-ring (bicyclic) bond motifs is 3. The first kappa shape index (κ1) is 14.9. The largest absolute Gasteiger partial charge is 0.338 e. The molecule has 0 spiro atoms. The Hall–Kier alpha value is -2.68. The zero-order chi connectivity index (χ0) is 16.5. The summed E-state index contributed by atoms with van der Waals surface area (Å²) in [6.45, 7) is 5.30. The Balaban J connectivity index is 2.08. The minimum atomic E-state index is 0.903. The lowest BCUT2D eigenvalue weighted by molar-refractivity contribution is 0.824. The van der Waals surface area contributed by atoms with Gasteiger partial charge in [-0.15, -0.1) is 0 Å². The van der Waals surface area contributed by atoms with Crippen LogP contribution in [0.25, 0.3) is 33.2 Å².